The van der Waals surface area contributed by atoms with Crippen molar-refractivity contribution in [3.63, 3.8) is 0 Å². The van der Waals surface area contributed by atoms with Crippen LogP contribution in [0.3, 0.4) is 0 Å². The number of hydrogen-bond acceptors (Lipinski definition) is 5. The summed E-state index contributed by atoms with van der Waals surface area (Å²) >= 11 is 2.12. The SMILES string of the molecule is C1CNCCN2CCCN(CCNC1)CCSCC2. The molecule has 4 nitrogen and oxygen atoms in total. The highest BCUT2D eigenvalue weighted by atomic mass is 32.2. The zero-order chi connectivity index (χ0) is 13.2. The molecule has 2 N–H and O–H groups in total. The van der Waals surface area contributed by atoms with Gasteiger partial charge in [-0.2, -0.15) is 11.8 Å². The van der Waals surface area contributed by atoms with E-state index in [1.54, 1.807) is 0 Å². The van der Waals surface area contributed by atoms with Crippen molar-refractivity contribution in [2.75, 3.05) is 77.0 Å². The van der Waals surface area contributed by atoms with E-state index in [4.69, 9.17) is 0 Å². The topological polar surface area (TPSA) is 30.5 Å². The van der Waals surface area contributed by atoms with Crippen molar-refractivity contribution in [1.29, 1.82) is 0 Å². The van der Waals surface area contributed by atoms with Crippen molar-refractivity contribution >= 4 is 11.8 Å². The zero-order valence-electron chi connectivity index (χ0n) is 12.2. The minimum atomic E-state index is 1.15. The van der Waals surface area contributed by atoms with Crippen LogP contribution in [0.1, 0.15) is 12.8 Å². The van der Waals surface area contributed by atoms with Gasteiger partial charge in [-0.25, -0.2) is 0 Å². The van der Waals surface area contributed by atoms with Crippen molar-refractivity contribution in [1.82, 2.24) is 20.4 Å². The van der Waals surface area contributed by atoms with Crippen molar-refractivity contribution < 1.29 is 0 Å². The van der Waals surface area contributed by atoms with Crippen molar-refractivity contribution in [2.45, 2.75) is 12.8 Å². The molecule has 0 aromatic rings. The van der Waals surface area contributed by atoms with Gasteiger partial charge in [-0.3, -0.25) is 0 Å². The van der Waals surface area contributed by atoms with Gasteiger partial charge in [-0.1, -0.05) is 0 Å². The van der Waals surface area contributed by atoms with Crippen molar-refractivity contribution in [3.8, 4) is 0 Å². The predicted molar refractivity (Wildman–Crippen MR) is 85.2 cm³/mol. The van der Waals surface area contributed by atoms with Gasteiger partial charge in [0.05, 0.1) is 0 Å². The summed E-state index contributed by atoms with van der Waals surface area (Å²) in [6.45, 7) is 12.1. The first-order valence-corrected chi connectivity index (χ1v) is 9.04. The molecule has 5 heteroatoms. The third kappa shape index (κ3) is 6.95. The second kappa shape index (κ2) is 10.00. The molecule has 0 aromatic carbocycles. The molecule has 0 radical (unpaired) electrons. The summed E-state index contributed by atoms with van der Waals surface area (Å²) in [4.78, 5) is 5.29. The fourth-order valence-corrected chi connectivity index (χ4v) is 3.72. The van der Waals surface area contributed by atoms with Crippen LogP contribution in [0.25, 0.3) is 0 Å². The van der Waals surface area contributed by atoms with Gasteiger partial charge in [0.1, 0.15) is 0 Å². The fourth-order valence-electron chi connectivity index (χ4n) is 2.74. The quantitative estimate of drug-likeness (QED) is 0.669. The number of thioether (sulfide) groups is 1. The summed E-state index contributed by atoms with van der Waals surface area (Å²) in [6, 6.07) is 0. The lowest BCUT2D eigenvalue weighted by atomic mass is 10.3. The number of rotatable bonds is 0. The van der Waals surface area contributed by atoms with Crippen LogP contribution < -0.4 is 10.6 Å². The average Bonchev–Trinajstić information content (AvgIpc) is 2.43. The van der Waals surface area contributed by atoms with Crippen LogP contribution in [-0.4, -0.2) is 86.8 Å². The summed E-state index contributed by atoms with van der Waals surface area (Å²) < 4.78 is 0. The van der Waals surface area contributed by atoms with Crippen molar-refractivity contribution in [3.05, 3.63) is 0 Å². The van der Waals surface area contributed by atoms with Crippen molar-refractivity contribution in [2.24, 2.45) is 0 Å². The van der Waals surface area contributed by atoms with Gasteiger partial charge in [0.15, 0.2) is 0 Å². The van der Waals surface area contributed by atoms with Crippen LogP contribution in [-0.2, 0) is 0 Å². The largest absolute Gasteiger partial charge is 0.315 e. The van der Waals surface area contributed by atoms with E-state index in [1.165, 1.54) is 63.6 Å². The van der Waals surface area contributed by atoms with E-state index in [2.05, 4.69) is 32.2 Å². The molecule has 2 rings (SSSR count). The van der Waals surface area contributed by atoms with E-state index in [9.17, 15) is 0 Å². The summed E-state index contributed by atoms with van der Waals surface area (Å²) in [5, 5.41) is 7.14. The second-order valence-electron chi connectivity index (χ2n) is 5.50. The van der Waals surface area contributed by atoms with Gasteiger partial charge in [-0.15, -0.1) is 0 Å². The van der Waals surface area contributed by atoms with Gasteiger partial charge in [-0.05, 0) is 39.0 Å². The lowest BCUT2D eigenvalue weighted by Gasteiger charge is -2.28. The molecule has 2 unspecified atom stereocenters. The van der Waals surface area contributed by atoms with Gasteiger partial charge in [0, 0.05) is 50.8 Å². The van der Waals surface area contributed by atoms with Gasteiger partial charge < -0.3 is 20.4 Å². The minimum absolute atomic E-state index is 1.15. The molecular weight excluding hydrogens is 256 g/mol. The summed E-state index contributed by atoms with van der Waals surface area (Å²) in [5.41, 5.74) is 0. The zero-order valence-corrected chi connectivity index (χ0v) is 13.0. The lowest BCUT2D eigenvalue weighted by molar-refractivity contribution is 0.235. The molecule has 2 fully saturated rings. The average molecular weight is 286 g/mol. The first kappa shape index (κ1) is 15.6. The Hall–Kier alpha value is 0.190. The maximum atomic E-state index is 3.57. The smallest absolute Gasteiger partial charge is 0.0107 e. The molecule has 2 saturated heterocycles. The fraction of sp³-hybridized carbons (Fsp3) is 1.00. The number of nitrogens with zero attached hydrogens (tertiary/aromatic N) is 2. The molecular formula is C14H30N4S. The summed E-state index contributed by atoms with van der Waals surface area (Å²) in [7, 11) is 0. The molecule has 0 saturated carbocycles. The molecule has 2 heterocycles. The van der Waals surface area contributed by atoms with E-state index >= 15 is 0 Å². The monoisotopic (exact) mass is 286 g/mol. The molecule has 2 aliphatic rings. The molecule has 19 heavy (non-hydrogen) atoms. The maximum absolute atomic E-state index is 3.57. The van der Waals surface area contributed by atoms with Crippen LogP contribution in [0.2, 0.25) is 0 Å². The second-order valence-corrected chi connectivity index (χ2v) is 6.73. The Morgan fingerprint density at radius 3 is 1.74 bits per heavy atom. The number of fused-ring (bicyclic) bond motifs is 4. The minimum Gasteiger partial charge on any atom is -0.315 e. The van der Waals surface area contributed by atoms with E-state index in [1.807, 2.05) is 0 Å². The third-order valence-corrected chi connectivity index (χ3v) is 4.91. The molecule has 112 valence electrons. The first-order valence-electron chi connectivity index (χ1n) is 7.89. The Labute approximate surface area is 122 Å². The maximum Gasteiger partial charge on any atom is 0.0107 e. The van der Waals surface area contributed by atoms with Gasteiger partial charge >= 0.3 is 0 Å². The Morgan fingerprint density at radius 1 is 0.579 bits per heavy atom. The van der Waals surface area contributed by atoms with Gasteiger partial charge in [0.25, 0.3) is 0 Å². The highest BCUT2D eigenvalue weighted by Gasteiger charge is 2.11. The Bertz CT molecular complexity index is 207. The lowest BCUT2D eigenvalue weighted by Crippen LogP contribution is -2.40. The van der Waals surface area contributed by atoms with Crippen LogP contribution in [0, 0.1) is 0 Å². The Kier molecular flexibility index (Phi) is 8.19. The number of hydrogen-bond donors (Lipinski definition) is 2. The molecule has 0 spiro atoms. The third-order valence-electron chi connectivity index (χ3n) is 3.97. The van der Waals surface area contributed by atoms with Crippen LogP contribution in [0.4, 0.5) is 0 Å². The summed E-state index contributed by atoms with van der Waals surface area (Å²) in [5.74, 6) is 2.60. The van der Waals surface area contributed by atoms with Crippen LogP contribution >= 0.6 is 11.8 Å². The molecule has 0 aromatic heterocycles. The number of nitrogens with one attached hydrogen (secondary N) is 2. The Morgan fingerprint density at radius 2 is 1.16 bits per heavy atom. The van der Waals surface area contributed by atoms with E-state index in [0.29, 0.717) is 0 Å². The van der Waals surface area contributed by atoms with E-state index in [-0.39, 0.29) is 0 Å². The Balaban J connectivity index is 1.84. The normalized spacial score (nSPS) is 32.8. The van der Waals surface area contributed by atoms with Crippen LogP contribution in [0.15, 0.2) is 0 Å². The first-order chi connectivity index (χ1) is 9.45. The molecule has 2 bridgehead atoms. The molecule has 0 amide bonds. The van der Waals surface area contributed by atoms with E-state index in [0.717, 1.165) is 26.2 Å². The molecule has 2 atom stereocenters. The van der Waals surface area contributed by atoms with Gasteiger partial charge in [0.2, 0.25) is 0 Å². The summed E-state index contributed by atoms with van der Waals surface area (Å²) in [6.07, 6.45) is 2.57. The predicted octanol–water partition coefficient (Wildman–Crippen LogP) is 0.310. The highest BCUT2D eigenvalue weighted by Crippen LogP contribution is 2.06. The molecule has 0 aliphatic carbocycles. The standard InChI is InChI=1S/C14H30N4S/c1-3-15-5-9-17-7-2-8-18(10-6-16-4-1)12-14-19-13-11-17/h15-16H,1-14H2. The van der Waals surface area contributed by atoms with E-state index < -0.39 is 0 Å². The molecule has 2 aliphatic heterocycles. The van der Waals surface area contributed by atoms with Crippen LogP contribution in [0.5, 0.6) is 0 Å². The highest BCUT2D eigenvalue weighted by molar-refractivity contribution is 7.99.